The summed E-state index contributed by atoms with van der Waals surface area (Å²) < 4.78 is 4.91. The number of methoxy groups -OCH3 is 1. The molecule has 0 bridgehead atoms. The van der Waals surface area contributed by atoms with Gasteiger partial charge in [0.1, 0.15) is 11.5 Å². The fraction of sp³-hybridized carbons (Fsp3) is 0.250. The summed E-state index contributed by atoms with van der Waals surface area (Å²) in [4.78, 5) is 0. The lowest BCUT2D eigenvalue weighted by Gasteiger charge is -2.10. The average Bonchev–Trinajstić information content (AvgIpc) is 2.16. The summed E-state index contributed by atoms with van der Waals surface area (Å²) in [6.07, 6.45) is 0. The SMILES string of the molecule is COc1cc(O)cc([B]O)c1CO. The molecule has 0 aliphatic rings. The van der Waals surface area contributed by atoms with Crippen molar-refractivity contribution in [1.82, 2.24) is 0 Å². The van der Waals surface area contributed by atoms with Crippen molar-refractivity contribution in [2.45, 2.75) is 6.61 Å². The molecule has 1 aromatic carbocycles. The van der Waals surface area contributed by atoms with E-state index in [2.05, 4.69) is 0 Å². The Kier molecular flexibility index (Phi) is 3.16. The molecule has 3 N–H and O–H groups in total. The largest absolute Gasteiger partial charge is 0.508 e. The molecule has 0 aliphatic carbocycles. The molecule has 1 radical (unpaired) electrons. The van der Waals surface area contributed by atoms with Crippen LogP contribution in [0, 0.1) is 0 Å². The predicted octanol–water partition coefficient (Wildman–Crippen LogP) is -0.870. The van der Waals surface area contributed by atoms with Crippen molar-refractivity contribution in [3.05, 3.63) is 17.7 Å². The zero-order valence-corrected chi connectivity index (χ0v) is 7.19. The number of phenols is 1. The first-order chi connectivity index (χ1) is 6.22. The molecule has 0 saturated carbocycles. The summed E-state index contributed by atoms with van der Waals surface area (Å²) in [5.74, 6) is 0.331. The monoisotopic (exact) mass is 181 g/mol. The van der Waals surface area contributed by atoms with E-state index in [1.165, 1.54) is 19.2 Å². The smallest absolute Gasteiger partial charge is 0.327 e. The molecule has 0 amide bonds. The summed E-state index contributed by atoms with van der Waals surface area (Å²) in [6.45, 7) is -0.254. The first-order valence-electron chi connectivity index (χ1n) is 3.71. The summed E-state index contributed by atoms with van der Waals surface area (Å²) in [5.41, 5.74) is 0.794. The van der Waals surface area contributed by atoms with Crippen LogP contribution in [0.4, 0.5) is 0 Å². The Morgan fingerprint density at radius 1 is 1.46 bits per heavy atom. The second-order valence-corrected chi connectivity index (χ2v) is 2.50. The maximum Gasteiger partial charge on any atom is 0.327 e. The van der Waals surface area contributed by atoms with Gasteiger partial charge in [-0.05, 0) is 11.5 Å². The van der Waals surface area contributed by atoms with Gasteiger partial charge in [-0.2, -0.15) is 0 Å². The number of ether oxygens (including phenoxy) is 1. The van der Waals surface area contributed by atoms with Gasteiger partial charge in [-0.1, -0.05) is 0 Å². The number of hydrogen-bond donors (Lipinski definition) is 3. The van der Waals surface area contributed by atoms with E-state index in [9.17, 15) is 5.11 Å². The minimum absolute atomic E-state index is 0.0191. The zero-order chi connectivity index (χ0) is 9.84. The fourth-order valence-electron chi connectivity index (χ4n) is 1.12. The van der Waals surface area contributed by atoms with Crippen molar-refractivity contribution in [1.29, 1.82) is 0 Å². The Morgan fingerprint density at radius 2 is 2.15 bits per heavy atom. The molecule has 0 saturated heterocycles. The van der Waals surface area contributed by atoms with Crippen LogP contribution >= 0.6 is 0 Å². The number of phenolic OH excluding ortho intramolecular Hbond substituents is 1. The molecule has 0 aliphatic heterocycles. The highest BCUT2D eigenvalue weighted by Gasteiger charge is 2.10. The van der Waals surface area contributed by atoms with E-state index in [0.29, 0.717) is 16.8 Å². The predicted molar refractivity (Wildman–Crippen MR) is 48.2 cm³/mol. The molecule has 5 heteroatoms. The van der Waals surface area contributed by atoms with Crippen LogP contribution in [0.2, 0.25) is 0 Å². The Bertz CT molecular complexity index is 275. The molecule has 0 aromatic heterocycles. The van der Waals surface area contributed by atoms with E-state index >= 15 is 0 Å². The lowest BCUT2D eigenvalue weighted by atomic mass is 9.84. The van der Waals surface area contributed by atoms with E-state index < -0.39 is 0 Å². The van der Waals surface area contributed by atoms with Gasteiger partial charge in [0.15, 0.2) is 0 Å². The molecule has 1 rings (SSSR count). The molecular formula is C8H10BO4. The van der Waals surface area contributed by atoms with Crippen molar-refractivity contribution < 1.29 is 20.0 Å². The fourth-order valence-corrected chi connectivity index (χ4v) is 1.12. The van der Waals surface area contributed by atoms with Crippen LogP contribution in [0.15, 0.2) is 12.1 Å². The molecule has 0 spiro atoms. The molecule has 0 fully saturated rings. The lowest BCUT2D eigenvalue weighted by Crippen LogP contribution is -2.19. The molecule has 13 heavy (non-hydrogen) atoms. The van der Waals surface area contributed by atoms with Crippen molar-refractivity contribution in [2.75, 3.05) is 7.11 Å². The average molecular weight is 181 g/mol. The number of aliphatic hydroxyl groups excluding tert-OH is 1. The van der Waals surface area contributed by atoms with Crippen LogP contribution in [0.5, 0.6) is 11.5 Å². The topological polar surface area (TPSA) is 69.9 Å². The third-order valence-corrected chi connectivity index (χ3v) is 1.75. The second-order valence-electron chi connectivity index (χ2n) is 2.50. The standard InChI is InChI=1S/C8H10BO4/c1-13-8-3-5(11)2-7(9-12)6(8)4-10/h2-3,10-12H,4H2,1H3. The maximum absolute atomic E-state index is 9.18. The number of aromatic hydroxyl groups is 1. The van der Waals surface area contributed by atoms with E-state index in [4.69, 9.17) is 14.9 Å². The van der Waals surface area contributed by atoms with Crippen LogP contribution < -0.4 is 10.2 Å². The van der Waals surface area contributed by atoms with E-state index in [1.807, 2.05) is 0 Å². The van der Waals surface area contributed by atoms with E-state index in [1.54, 1.807) is 0 Å². The molecule has 4 nitrogen and oxygen atoms in total. The van der Waals surface area contributed by atoms with Gasteiger partial charge in [0.05, 0.1) is 13.7 Å². The Morgan fingerprint density at radius 3 is 2.62 bits per heavy atom. The Balaban J connectivity index is 3.25. The molecule has 0 heterocycles. The Labute approximate surface area is 76.7 Å². The number of aliphatic hydroxyl groups is 1. The van der Waals surface area contributed by atoms with E-state index in [0.717, 1.165) is 7.48 Å². The van der Waals surface area contributed by atoms with Crippen molar-refractivity contribution in [2.24, 2.45) is 0 Å². The van der Waals surface area contributed by atoms with Crippen molar-refractivity contribution >= 4 is 12.9 Å². The van der Waals surface area contributed by atoms with Crippen molar-refractivity contribution in [3.63, 3.8) is 0 Å². The summed E-state index contributed by atoms with van der Waals surface area (Å²) in [5, 5.41) is 26.9. The highest BCUT2D eigenvalue weighted by molar-refractivity contribution is 6.46. The second kappa shape index (κ2) is 4.16. The third kappa shape index (κ3) is 1.94. The minimum Gasteiger partial charge on any atom is -0.508 e. The summed E-state index contributed by atoms with van der Waals surface area (Å²) in [6, 6.07) is 2.71. The summed E-state index contributed by atoms with van der Waals surface area (Å²) >= 11 is 0. The van der Waals surface area contributed by atoms with Crippen molar-refractivity contribution in [3.8, 4) is 11.5 Å². The van der Waals surface area contributed by atoms with Crippen LogP contribution in [0.1, 0.15) is 5.56 Å². The number of benzene rings is 1. The van der Waals surface area contributed by atoms with Gasteiger partial charge < -0.3 is 20.0 Å². The molecule has 1 aromatic rings. The maximum atomic E-state index is 9.18. The van der Waals surface area contributed by atoms with E-state index in [-0.39, 0.29) is 12.4 Å². The third-order valence-electron chi connectivity index (χ3n) is 1.75. The number of rotatable bonds is 3. The first kappa shape index (κ1) is 9.89. The highest BCUT2D eigenvalue weighted by Crippen LogP contribution is 2.21. The van der Waals surface area contributed by atoms with Gasteiger partial charge in [0.2, 0.25) is 0 Å². The number of hydrogen-bond acceptors (Lipinski definition) is 4. The quantitative estimate of drug-likeness (QED) is 0.530. The highest BCUT2D eigenvalue weighted by atomic mass is 16.5. The van der Waals surface area contributed by atoms with Gasteiger partial charge in [0, 0.05) is 11.6 Å². The zero-order valence-electron chi connectivity index (χ0n) is 7.19. The summed E-state index contributed by atoms with van der Waals surface area (Å²) in [7, 11) is 2.24. The van der Waals surface area contributed by atoms with Gasteiger partial charge in [-0.15, -0.1) is 0 Å². The van der Waals surface area contributed by atoms with Crippen LogP contribution in [-0.2, 0) is 6.61 Å². The van der Waals surface area contributed by atoms with Gasteiger partial charge in [-0.25, -0.2) is 0 Å². The van der Waals surface area contributed by atoms with Crippen LogP contribution in [0.25, 0.3) is 0 Å². The van der Waals surface area contributed by atoms with Gasteiger partial charge in [0.25, 0.3) is 0 Å². The first-order valence-corrected chi connectivity index (χ1v) is 3.71. The molecule has 0 atom stereocenters. The Hall–Kier alpha value is -1.20. The molecular weight excluding hydrogens is 171 g/mol. The van der Waals surface area contributed by atoms with Gasteiger partial charge >= 0.3 is 7.48 Å². The molecule has 0 unspecified atom stereocenters. The lowest BCUT2D eigenvalue weighted by molar-refractivity contribution is 0.274. The minimum atomic E-state index is -0.254. The van der Waals surface area contributed by atoms with Gasteiger partial charge in [-0.3, -0.25) is 0 Å². The molecule has 69 valence electrons. The normalized spacial score (nSPS) is 9.77. The van der Waals surface area contributed by atoms with Crippen LogP contribution in [-0.4, -0.2) is 29.8 Å². The van der Waals surface area contributed by atoms with Crippen LogP contribution in [0.3, 0.4) is 0 Å².